The summed E-state index contributed by atoms with van der Waals surface area (Å²) in [5, 5.41) is 0. The van der Waals surface area contributed by atoms with Crippen molar-refractivity contribution in [3.63, 3.8) is 0 Å². The quantitative estimate of drug-likeness (QED) is 0.250. The molecule has 0 amide bonds. The summed E-state index contributed by atoms with van der Waals surface area (Å²) >= 11 is 3.74. The van der Waals surface area contributed by atoms with E-state index in [4.69, 9.17) is 18.9 Å². The number of esters is 1. The smallest absolute Gasteiger partial charge is 0.314 e. The van der Waals surface area contributed by atoms with Gasteiger partial charge >= 0.3 is 5.97 Å². The molecule has 2 atom stereocenters. The van der Waals surface area contributed by atoms with Crippen molar-refractivity contribution in [3.05, 3.63) is 59.2 Å². The van der Waals surface area contributed by atoms with Crippen molar-refractivity contribution in [2.45, 2.75) is 31.3 Å². The third kappa shape index (κ3) is 5.20. The molecule has 0 saturated carbocycles. The van der Waals surface area contributed by atoms with Crippen molar-refractivity contribution in [3.8, 4) is 17.2 Å². The fourth-order valence-electron chi connectivity index (χ4n) is 4.50. The fraction of sp³-hybridized carbons (Fsp3) is 0.444. The van der Waals surface area contributed by atoms with Crippen LogP contribution in [0.1, 0.15) is 37.8 Å². The van der Waals surface area contributed by atoms with E-state index in [2.05, 4.69) is 26.0 Å². The maximum atomic E-state index is 13.4. The first kappa shape index (κ1) is 26.4. The third-order valence-electron chi connectivity index (χ3n) is 5.85. The topological polar surface area (TPSA) is 54.0 Å². The van der Waals surface area contributed by atoms with Crippen LogP contribution in [0.25, 0.3) is 5.57 Å². The van der Waals surface area contributed by atoms with E-state index in [-0.39, 0.29) is 22.4 Å². The number of carbonyl (C=O) groups is 1. The zero-order chi connectivity index (χ0) is 24.7. The molecule has 0 spiro atoms. The van der Waals surface area contributed by atoms with Gasteiger partial charge in [0.25, 0.3) is 0 Å². The number of rotatable bonds is 12. The van der Waals surface area contributed by atoms with Crippen LogP contribution in [-0.4, -0.2) is 50.0 Å². The molecule has 3 rings (SSSR count). The predicted octanol–water partition coefficient (Wildman–Crippen LogP) is 6.28. The molecule has 0 heterocycles. The van der Waals surface area contributed by atoms with Gasteiger partial charge in [0.1, 0.15) is 0 Å². The molecule has 5 nitrogen and oxygen atoms in total. The van der Waals surface area contributed by atoms with Crippen LogP contribution in [0, 0.1) is 5.92 Å². The van der Waals surface area contributed by atoms with E-state index in [0.29, 0.717) is 23.9 Å². The Morgan fingerprint density at radius 1 is 0.912 bits per heavy atom. The molecular formula is C27H34O5S2. The summed E-state index contributed by atoms with van der Waals surface area (Å²) in [5.74, 6) is 2.87. The van der Waals surface area contributed by atoms with Crippen molar-refractivity contribution in [2.24, 2.45) is 5.92 Å². The van der Waals surface area contributed by atoms with Crippen molar-refractivity contribution in [1.82, 2.24) is 0 Å². The number of hydrogen-bond donors (Lipinski definition) is 0. The Morgan fingerprint density at radius 3 is 1.97 bits per heavy atom. The van der Waals surface area contributed by atoms with Crippen LogP contribution < -0.4 is 14.2 Å². The second-order valence-corrected chi connectivity index (χ2v) is 10.7. The summed E-state index contributed by atoms with van der Waals surface area (Å²) in [6.07, 6.45) is 0. The van der Waals surface area contributed by atoms with Crippen LogP contribution >= 0.6 is 23.5 Å². The molecule has 2 aromatic carbocycles. The molecule has 0 N–H and O–H groups in total. The van der Waals surface area contributed by atoms with Crippen molar-refractivity contribution in [1.29, 1.82) is 0 Å². The Bertz CT molecular complexity index is 974. The third-order valence-corrected chi connectivity index (χ3v) is 8.45. The Balaban J connectivity index is 2.27. The number of methoxy groups -OCH3 is 3. The van der Waals surface area contributed by atoms with E-state index in [1.165, 1.54) is 5.57 Å². The number of benzene rings is 2. The van der Waals surface area contributed by atoms with Gasteiger partial charge in [-0.3, -0.25) is 4.79 Å². The highest BCUT2D eigenvalue weighted by atomic mass is 32.2. The molecule has 0 aliphatic heterocycles. The van der Waals surface area contributed by atoms with Gasteiger partial charge in [-0.15, -0.1) is 23.5 Å². The maximum Gasteiger partial charge on any atom is 0.314 e. The van der Waals surface area contributed by atoms with Crippen LogP contribution in [0.5, 0.6) is 17.2 Å². The predicted molar refractivity (Wildman–Crippen MR) is 142 cm³/mol. The SMILES string of the molecule is CCOC(=O)[C@@H]1C(C(SCC)SCC)=C(c2ccccc2)[C@H]1c1cc(OC)c(OC)c(OC)c1. The first-order valence-corrected chi connectivity index (χ1v) is 13.6. The van der Waals surface area contributed by atoms with Gasteiger partial charge in [-0.25, -0.2) is 0 Å². The highest BCUT2D eigenvalue weighted by Gasteiger charge is 2.50. The van der Waals surface area contributed by atoms with Gasteiger partial charge in [0.05, 0.1) is 38.4 Å². The molecule has 1 aliphatic rings. The molecule has 0 aromatic heterocycles. The molecule has 184 valence electrons. The first-order valence-electron chi connectivity index (χ1n) is 11.5. The van der Waals surface area contributed by atoms with Gasteiger partial charge in [-0.05, 0) is 52.8 Å². The van der Waals surface area contributed by atoms with Crippen molar-refractivity contribution < 1.29 is 23.7 Å². The monoisotopic (exact) mass is 502 g/mol. The largest absolute Gasteiger partial charge is 0.493 e. The Labute approximate surface area is 211 Å². The highest BCUT2D eigenvalue weighted by Crippen LogP contribution is 2.59. The molecule has 0 unspecified atom stereocenters. The lowest BCUT2D eigenvalue weighted by Gasteiger charge is -2.44. The van der Waals surface area contributed by atoms with Crippen LogP contribution in [0.15, 0.2) is 48.0 Å². The van der Waals surface area contributed by atoms with Gasteiger partial charge in [-0.2, -0.15) is 0 Å². The highest BCUT2D eigenvalue weighted by molar-refractivity contribution is 8.17. The minimum absolute atomic E-state index is 0.178. The van der Waals surface area contributed by atoms with Gasteiger partial charge in [0, 0.05) is 5.92 Å². The Hall–Kier alpha value is -2.25. The van der Waals surface area contributed by atoms with Crippen LogP contribution in [-0.2, 0) is 9.53 Å². The summed E-state index contributed by atoms with van der Waals surface area (Å²) in [4.78, 5) is 13.4. The zero-order valence-electron chi connectivity index (χ0n) is 20.8. The molecule has 0 bridgehead atoms. The summed E-state index contributed by atoms with van der Waals surface area (Å²) in [6.45, 7) is 6.51. The number of allylic oxidation sites excluding steroid dienone is 1. The number of carbonyl (C=O) groups excluding carboxylic acids is 1. The fourth-order valence-corrected chi connectivity index (χ4v) is 7.21. The minimum atomic E-state index is -0.374. The number of ether oxygens (including phenoxy) is 4. The van der Waals surface area contributed by atoms with E-state index in [9.17, 15) is 4.79 Å². The molecule has 7 heteroatoms. The van der Waals surface area contributed by atoms with Gasteiger partial charge in [0.2, 0.25) is 5.75 Å². The molecular weight excluding hydrogens is 468 g/mol. The summed E-state index contributed by atoms with van der Waals surface area (Å²) < 4.78 is 22.6. The molecule has 2 aromatic rings. The lowest BCUT2D eigenvalue weighted by molar-refractivity contribution is -0.147. The number of hydrogen-bond acceptors (Lipinski definition) is 7. The zero-order valence-corrected chi connectivity index (χ0v) is 22.4. The van der Waals surface area contributed by atoms with E-state index in [1.54, 1.807) is 21.3 Å². The standard InChI is InChI=1S/C27H34O5S2/c1-7-32-26(28)23-22(18-15-19(29-4)25(31-6)20(16-18)30-5)21(17-13-11-10-12-14-17)24(23)27(33-8-2)34-9-3/h10-16,22-23,27H,7-9H2,1-6H3/t22-,23+/m1/s1. The molecule has 34 heavy (non-hydrogen) atoms. The van der Waals surface area contributed by atoms with Crippen molar-refractivity contribution >= 4 is 35.1 Å². The lowest BCUT2D eigenvalue weighted by Crippen LogP contribution is -2.39. The van der Waals surface area contributed by atoms with Crippen LogP contribution in [0.3, 0.4) is 0 Å². The molecule has 0 saturated heterocycles. The number of thioether (sulfide) groups is 2. The lowest BCUT2D eigenvalue weighted by atomic mass is 9.63. The second kappa shape index (κ2) is 12.5. The first-order chi connectivity index (χ1) is 16.6. The average molecular weight is 503 g/mol. The van der Waals surface area contributed by atoms with Crippen molar-refractivity contribution in [2.75, 3.05) is 39.4 Å². The summed E-state index contributed by atoms with van der Waals surface area (Å²) in [6, 6.07) is 14.2. The molecule has 1 aliphatic carbocycles. The maximum absolute atomic E-state index is 13.4. The van der Waals surface area contributed by atoms with E-state index < -0.39 is 0 Å². The molecule has 0 radical (unpaired) electrons. The average Bonchev–Trinajstić information content (AvgIpc) is 2.83. The normalized spacial score (nSPS) is 17.4. The van der Waals surface area contributed by atoms with Gasteiger partial charge in [-0.1, -0.05) is 44.2 Å². The van der Waals surface area contributed by atoms with E-state index >= 15 is 0 Å². The Kier molecular flexibility index (Phi) is 9.65. The van der Waals surface area contributed by atoms with Crippen LogP contribution in [0.2, 0.25) is 0 Å². The van der Waals surface area contributed by atoms with E-state index in [1.807, 2.05) is 60.8 Å². The molecule has 0 fully saturated rings. The minimum Gasteiger partial charge on any atom is -0.493 e. The Morgan fingerprint density at radius 2 is 1.50 bits per heavy atom. The van der Waals surface area contributed by atoms with Gasteiger partial charge in [0.15, 0.2) is 11.5 Å². The van der Waals surface area contributed by atoms with Crippen LogP contribution in [0.4, 0.5) is 0 Å². The summed E-state index contributed by atoms with van der Waals surface area (Å²) in [7, 11) is 4.80. The van der Waals surface area contributed by atoms with Gasteiger partial charge < -0.3 is 18.9 Å². The second-order valence-electron chi connectivity index (χ2n) is 7.64. The summed E-state index contributed by atoms with van der Waals surface area (Å²) in [5.41, 5.74) is 4.40. The van der Waals surface area contributed by atoms with E-state index in [0.717, 1.165) is 28.2 Å².